The third kappa shape index (κ3) is 1.91. The smallest absolute Gasteiger partial charge is 0.335 e. The average molecular weight is 380 g/mol. The number of ketones is 1. The molecule has 2 unspecified atom stereocenters. The highest BCUT2D eigenvalue weighted by Crippen LogP contribution is 2.77. The maximum absolute atomic E-state index is 12.0. The Morgan fingerprint density at radius 1 is 1.04 bits per heavy atom. The van der Waals surface area contributed by atoms with Gasteiger partial charge in [0, 0.05) is 17.9 Å². The van der Waals surface area contributed by atoms with Crippen molar-refractivity contribution in [2.24, 2.45) is 22.7 Å². The second-order valence-corrected chi connectivity index (χ2v) is 10.3. The van der Waals surface area contributed by atoms with Crippen molar-refractivity contribution in [2.75, 3.05) is 0 Å². The van der Waals surface area contributed by atoms with E-state index in [0.29, 0.717) is 36.1 Å². The summed E-state index contributed by atoms with van der Waals surface area (Å²) in [6.07, 6.45) is 11.3. The standard InChI is InChI=1S/C24H28O4/c1-22-9-7-16(25)11-15(22)4-5-18-17(22)8-10-23(2)19(12-20-24(18,23)28-20)14-3-6-21(26)27-13-14/h3,6,11,13,17-20H,4-5,7-10,12H2,1-2H3/t17?,18-,19?,20-,22+,23-,24-/m1/s1. The summed E-state index contributed by atoms with van der Waals surface area (Å²) in [6, 6.07) is 3.52. The molecule has 28 heavy (non-hydrogen) atoms. The van der Waals surface area contributed by atoms with Crippen molar-refractivity contribution in [1.29, 1.82) is 0 Å². The fourth-order valence-corrected chi connectivity index (χ4v) is 8.06. The lowest BCUT2D eigenvalue weighted by Crippen LogP contribution is -2.56. The molecular weight excluding hydrogens is 352 g/mol. The molecule has 4 heteroatoms. The van der Waals surface area contributed by atoms with Crippen LogP contribution in [0.5, 0.6) is 0 Å². The van der Waals surface area contributed by atoms with Gasteiger partial charge >= 0.3 is 5.63 Å². The molecule has 6 rings (SSSR count). The maximum Gasteiger partial charge on any atom is 0.335 e. The number of hydrogen-bond acceptors (Lipinski definition) is 4. The van der Waals surface area contributed by atoms with Crippen LogP contribution in [0, 0.1) is 22.7 Å². The van der Waals surface area contributed by atoms with E-state index < -0.39 is 0 Å². The minimum atomic E-state index is -0.280. The first-order chi connectivity index (χ1) is 13.4. The van der Waals surface area contributed by atoms with Gasteiger partial charge in [-0.2, -0.15) is 0 Å². The molecule has 2 heterocycles. The highest BCUT2D eigenvalue weighted by molar-refractivity contribution is 5.91. The van der Waals surface area contributed by atoms with Gasteiger partial charge in [-0.05, 0) is 79.4 Å². The van der Waals surface area contributed by atoms with Gasteiger partial charge in [0.25, 0.3) is 0 Å². The van der Waals surface area contributed by atoms with Gasteiger partial charge in [-0.15, -0.1) is 0 Å². The van der Waals surface area contributed by atoms with Crippen LogP contribution in [0.1, 0.15) is 70.3 Å². The molecule has 3 saturated carbocycles. The van der Waals surface area contributed by atoms with Crippen molar-refractivity contribution in [3.63, 3.8) is 0 Å². The molecule has 0 aromatic carbocycles. The monoisotopic (exact) mass is 380 g/mol. The molecular formula is C24H28O4. The third-order valence-electron chi connectivity index (χ3n) is 9.51. The zero-order valence-electron chi connectivity index (χ0n) is 16.7. The van der Waals surface area contributed by atoms with Crippen LogP contribution in [0.4, 0.5) is 0 Å². The number of allylic oxidation sites excluding steroid dienone is 1. The van der Waals surface area contributed by atoms with E-state index in [1.165, 1.54) is 12.0 Å². The highest BCUT2D eigenvalue weighted by atomic mass is 16.6. The van der Waals surface area contributed by atoms with E-state index in [1.807, 2.05) is 12.1 Å². The van der Waals surface area contributed by atoms with Crippen LogP contribution in [0.15, 0.2) is 39.3 Å². The van der Waals surface area contributed by atoms with Gasteiger partial charge in [0.1, 0.15) is 5.60 Å². The van der Waals surface area contributed by atoms with E-state index >= 15 is 0 Å². The average Bonchev–Trinajstić information content (AvgIpc) is 3.33. The number of epoxide rings is 1. The van der Waals surface area contributed by atoms with Crippen molar-refractivity contribution >= 4 is 5.78 Å². The van der Waals surface area contributed by atoms with Gasteiger partial charge in [0.05, 0.1) is 12.4 Å². The summed E-state index contributed by atoms with van der Waals surface area (Å²) < 4.78 is 11.8. The van der Waals surface area contributed by atoms with Crippen LogP contribution in [-0.2, 0) is 9.53 Å². The molecule has 0 N–H and O–H groups in total. The SMILES string of the molecule is C[C@]12CCC(=O)C=C1CC[C@@H]1C2CC[C@]2(C)C(c3ccc(=O)oc3)C[C@H]3O[C@]132. The van der Waals surface area contributed by atoms with Gasteiger partial charge in [-0.1, -0.05) is 19.4 Å². The van der Waals surface area contributed by atoms with E-state index in [2.05, 4.69) is 13.8 Å². The summed E-state index contributed by atoms with van der Waals surface area (Å²) in [7, 11) is 0. The number of rotatable bonds is 1. The normalized spacial score (nSPS) is 48.8. The summed E-state index contributed by atoms with van der Waals surface area (Å²) in [6.45, 7) is 4.83. The number of carbonyl (C=O) groups is 1. The second-order valence-electron chi connectivity index (χ2n) is 10.3. The molecule has 148 valence electrons. The predicted molar refractivity (Wildman–Crippen MR) is 104 cm³/mol. The van der Waals surface area contributed by atoms with Crippen LogP contribution in [-0.4, -0.2) is 17.5 Å². The Kier molecular flexibility index (Phi) is 3.24. The fourth-order valence-electron chi connectivity index (χ4n) is 8.06. The summed E-state index contributed by atoms with van der Waals surface area (Å²) in [5, 5.41) is 0. The molecule has 0 amide bonds. The molecule has 0 radical (unpaired) electrons. The predicted octanol–water partition coefficient (Wildman–Crippen LogP) is 4.39. The molecule has 1 saturated heterocycles. The van der Waals surface area contributed by atoms with E-state index in [1.54, 1.807) is 12.3 Å². The second kappa shape index (κ2) is 5.27. The topological polar surface area (TPSA) is 59.8 Å². The van der Waals surface area contributed by atoms with Crippen LogP contribution >= 0.6 is 0 Å². The first kappa shape index (κ1) is 17.2. The van der Waals surface area contributed by atoms with Gasteiger partial charge in [-0.25, -0.2) is 4.79 Å². The van der Waals surface area contributed by atoms with Crippen molar-refractivity contribution < 1.29 is 13.9 Å². The van der Waals surface area contributed by atoms with Crippen molar-refractivity contribution in [1.82, 2.24) is 0 Å². The van der Waals surface area contributed by atoms with E-state index in [-0.39, 0.29) is 22.1 Å². The third-order valence-corrected chi connectivity index (χ3v) is 9.51. The van der Waals surface area contributed by atoms with Gasteiger partial charge in [0.2, 0.25) is 0 Å². The first-order valence-electron chi connectivity index (χ1n) is 10.9. The lowest BCUT2D eigenvalue weighted by atomic mass is 9.46. The molecule has 0 bridgehead atoms. The Labute approximate surface area is 165 Å². The molecule has 1 aliphatic heterocycles. The van der Waals surface area contributed by atoms with Crippen LogP contribution in [0.2, 0.25) is 0 Å². The van der Waals surface area contributed by atoms with Crippen molar-refractivity contribution in [3.8, 4) is 0 Å². The number of hydrogen-bond donors (Lipinski definition) is 0. The summed E-state index contributed by atoms with van der Waals surface area (Å²) in [5.41, 5.74) is 2.52. The van der Waals surface area contributed by atoms with Crippen LogP contribution < -0.4 is 5.63 Å². The molecule has 7 atom stereocenters. The maximum atomic E-state index is 12.0. The summed E-state index contributed by atoms with van der Waals surface area (Å²) in [5.74, 6) is 1.91. The first-order valence-corrected chi connectivity index (χ1v) is 10.9. The molecule has 1 aromatic rings. The van der Waals surface area contributed by atoms with Crippen molar-refractivity contribution in [3.05, 3.63) is 46.0 Å². The van der Waals surface area contributed by atoms with Gasteiger partial charge in [-0.3, -0.25) is 4.79 Å². The van der Waals surface area contributed by atoms with E-state index in [9.17, 15) is 9.59 Å². The number of fused-ring (bicyclic) bond motifs is 3. The lowest BCUT2D eigenvalue weighted by Gasteiger charge is -2.58. The summed E-state index contributed by atoms with van der Waals surface area (Å²) >= 11 is 0. The Morgan fingerprint density at radius 3 is 2.68 bits per heavy atom. The van der Waals surface area contributed by atoms with E-state index in [4.69, 9.17) is 9.15 Å². The quantitative estimate of drug-likeness (QED) is 0.678. The Hall–Kier alpha value is -1.68. The number of ether oxygens (including phenoxy) is 1. The number of carbonyl (C=O) groups excluding carboxylic acids is 1. The molecule has 4 aliphatic carbocycles. The van der Waals surface area contributed by atoms with Crippen molar-refractivity contribution in [2.45, 2.75) is 76.4 Å². The Balaban J connectivity index is 1.39. The summed E-state index contributed by atoms with van der Waals surface area (Å²) in [4.78, 5) is 23.4. The van der Waals surface area contributed by atoms with Gasteiger partial charge in [0.15, 0.2) is 5.78 Å². The van der Waals surface area contributed by atoms with Gasteiger partial charge < -0.3 is 9.15 Å². The fraction of sp³-hybridized carbons (Fsp3) is 0.667. The molecule has 5 aliphatic rings. The van der Waals surface area contributed by atoms with Crippen LogP contribution in [0.3, 0.4) is 0 Å². The Bertz CT molecular complexity index is 939. The Morgan fingerprint density at radius 2 is 1.89 bits per heavy atom. The lowest BCUT2D eigenvalue weighted by molar-refractivity contribution is -0.118. The highest BCUT2D eigenvalue weighted by Gasteiger charge is 2.80. The molecule has 1 spiro atoms. The van der Waals surface area contributed by atoms with E-state index in [0.717, 1.165) is 37.7 Å². The minimum absolute atomic E-state index is 0.0211. The molecule has 4 fully saturated rings. The zero-order valence-corrected chi connectivity index (χ0v) is 16.7. The molecule has 4 nitrogen and oxygen atoms in total. The van der Waals surface area contributed by atoms with Crippen LogP contribution in [0.25, 0.3) is 0 Å². The molecule has 1 aromatic heterocycles. The zero-order chi connectivity index (χ0) is 19.3. The largest absolute Gasteiger partial charge is 0.431 e. The minimum Gasteiger partial charge on any atom is -0.431 e.